The quantitative estimate of drug-likeness (QED) is 0.742. The van der Waals surface area contributed by atoms with E-state index in [1.807, 2.05) is 0 Å². The van der Waals surface area contributed by atoms with Gasteiger partial charge in [0, 0.05) is 5.92 Å². The predicted octanol–water partition coefficient (Wildman–Crippen LogP) is 2.74. The number of ketones is 1. The fourth-order valence-corrected chi connectivity index (χ4v) is 6.16. The number of fused-ring (bicyclic) bond motifs is 2. The van der Waals surface area contributed by atoms with E-state index >= 15 is 0 Å². The molecule has 1 amide bonds. The van der Waals surface area contributed by atoms with Crippen LogP contribution in [0.25, 0.3) is 0 Å². The molecule has 3 nitrogen and oxygen atoms in total. The maximum absolute atomic E-state index is 12.5. The van der Waals surface area contributed by atoms with E-state index in [1.54, 1.807) is 0 Å². The van der Waals surface area contributed by atoms with Crippen LogP contribution in [-0.4, -0.2) is 27.1 Å². The largest absolute Gasteiger partial charge is 0.298 e. The van der Waals surface area contributed by atoms with Gasteiger partial charge in [-0.3, -0.25) is 9.59 Å². The fourth-order valence-electron chi connectivity index (χ4n) is 3.63. The third-order valence-corrected chi connectivity index (χ3v) is 7.88. The third kappa shape index (κ3) is 1.49. The molecule has 3 unspecified atom stereocenters. The Labute approximate surface area is 116 Å². The molecule has 18 heavy (non-hydrogen) atoms. The number of carbonyl (C=O) groups is 2. The van der Waals surface area contributed by atoms with Crippen LogP contribution in [0.15, 0.2) is 4.99 Å². The van der Waals surface area contributed by atoms with Crippen molar-refractivity contribution in [2.24, 2.45) is 21.7 Å². The van der Waals surface area contributed by atoms with Gasteiger partial charge in [-0.15, -0.1) is 0 Å². The van der Waals surface area contributed by atoms with E-state index in [2.05, 4.69) is 25.8 Å². The lowest BCUT2D eigenvalue weighted by Crippen LogP contribution is -2.36. The molecule has 0 N–H and O–H groups in total. The van der Waals surface area contributed by atoms with Crippen LogP contribution in [0.5, 0.6) is 0 Å². The molecule has 2 fully saturated rings. The molecule has 5 heteroatoms. The number of aliphatic imine (C=N–C) groups is 1. The minimum atomic E-state index is -0.0671. The zero-order valence-corrected chi connectivity index (χ0v) is 12.5. The first kappa shape index (κ1) is 12.7. The Kier molecular flexibility index (Phi) is 2.73. The van der Waals surface area contributed by atoms with Crippen molar-refractivity contribution < 1.29 is 9.59 Å². The molecule has 0 aromatic carbocycles. The highest BCUT2D eigenvalue weighted by Crippen LogP contribution is 2.66. The second-order valence-corrected chi connectivity index (χ2v) is 8.51. The van der Waals surface area contributed by atoms with Crippen LogP contribution in [0.3, 0.4) is 0 Å². The molecule has 0 radical (unpaired) electrons. The van der Waals surface area contributed by atoms with Gasteiger partial charge in [0.25, 0.3) is 5.91 Å². The predicted molar refractivity (Wildman–Crippen MR) is 75.9 cm³/mol. The van der Waals surface area contributed by atoms with Crippen molar-refractivity contribution in [3.05, 3.63) is 0 Å². The molecule has 3 aliphatic rings. The van der Waals surface area contributed by atoms with Crippen molar-refractivity contribution in [3.63, 3.8) is 0 Å². The molecule has 0 saturated heterocycles. The number of nitrogens with zero attached hydrogens (tertiary/aromatic N) is 1. The number of amides is 1. The van der Waals surface area contributed by atoms with Crippen LogP contribution in [-0.2, 0) is 9.59 Å². The first-order valence-electron chi connectivity index (χ1n) is 6.31. The average Bonchev–Trinajstić information content (AvgIpc) is 2.82. The third-order valence-electron chi connectivity index (χ3n) is 5.23. The van der Waals surface area contributed by atoms with E-state index in [0.29, 0.717) is 11.5 Å². The Balaban J connectivity index is 1.88. The summed E-state index contributed by atoms with van der Waals surface area (Å²) in [7, 11) is 0. The molecule has 98 valence electrons. The molecular formula is C13H17NO2S2. The minimum absolute atomic E-state index is 0.0107. The van der Waals surface area contributed by atoms with E-state index in [1.165, 1.54) is 23.5 Å². The average molecular weight is 283 g/mol. The van der Waals surface area contributed by atoms with Crippen molar-refractivity contribution in [2.45, 2.75) is 38.9 Å². The molecule has 3 rings (SSSR count). The van der Waals surface area contributed by atoms with Crippen molar-refractivity contribution in [2.75, 3.05) is 5.75 Å². The van der Waals surface area contributed by atoms with Crippen LogP contribution in [0.1, 0.15) is 33.6 Å². The van der Waals surface area contributed by atoms with E-state index < -0.39 is 0 Å². The van der Waals surface area contributed by atoms with Crippen LogP contribution in [0.4, 0.5) is 0 Å². The summed E-state index contributed by atoms with van der Waals surface area (Å²) in [5.74, 6) is 0.943. The summed E-state index contributed by atoms with van der Waals surface area (Å²) >= 11 is 3.01. The number of hydrogen-bond acceptors (Lipinski definition) is 4. The number of Topliss-reactive ketones (excluding diaryl/α,β-unsaturated/α-hetero) is 1. The maximum Gasteiger partial charge on any atom is 0.257 e. The van der Waals surface area contributed by atoms with Gasteiger partial charge in [-0.2, -0.15) is 4.99 Å². The van der Waals surface area contributed by atoms with Gasteiger partial charge in [-0.1, -0.05) is 44.3 Å². The summed E-state index contributed by atoms with van der Waals surface area (Å²) in [5.41, 5.74) is 0.129. The van der Waals surface area contributed by atoms with E-state index in [0.717, 1.165) is 17.2 Å². The summed E-state index contributed by atoms with van der Waals surface area (Å²) < 4.78 is 0.794. The minimum Gasteiger partial charge on any atom is -0.298 e. The number of carbonyl (C=O) groups excluding carboxylic acids is 2. The van der Waals surface area contributed by atoms with Gasteiger partial charge in [-0.05, 0) is 23.7 Å². The van der Waals surface area contributed by atoms with Gasteiger partial charge in [0.05, 0.1) is 11.0 Å². The summed E-state index contributed by atoms with van der Waals surface area (Å²) in [6.07, 6.45) is 2.14. The molecular weight excluding hydrogens is 266 g/mol. The summed E-state index contributed by atoms with van der Waals surface area (Å²) in [6, 6.07) is 0. The molecule has 2 bridgehead atoms. The van der Waals surface area contributed by atoms with Gasteiger partial charge < -0.3 is 0 Å². The normalized spacial score (nSPS) is 41.6. The molecule has 2 saturated carbocycles. The van der Waals surface area contributed by atoms with Gasteiger partial charge in [-0.25, -0.2) is 0 Å². The molecule has 2 aliphatic carbocycles. The molecule has 0 spiro atoms. The SMILES string of the molecule is CC1(C)C2CCC1(C)C(SC1=NC(=O)CS1)C2=O. The van der Waals surface area contributed by atoms with Crippen molar-refractivity contribution in [1.29, 1.82) is 0 Å². The zero-order valence-electron chi connectivity index (χ0n) is 10.9. The Morgan fingerprint density at radius 3 is 2.56 bits per heavy atom. The van der Waals surface area contributed by atoms with Crippen LogP contribution in [0, 0.1) is 16.7 Å². The monoisotopic (exact) mass is 283 g/mol. The second-order valence-electron chi connectivity index (χ2n) is 6.19. The Morgan fingerprint density at radius 2 is 2.06 bits per heavy atom. The van der Waals surface area contributed by atoms with Crippen molar-refractivity contribution in [3.8, 4) is 0 Å². The smallest absolute Gasteiger partial charge is 0.257 e. The van der Waals surface area contributed by atoms with Crippen LogP contribution < -0.4 is 0 Å². The van der Waals surface area contributed by atoms with Gasteiger partial charge >= 0.3 is 0 Å². The molecule has 1 heterocycles. The maximum atomic E-state index is 12.5. The van der Waals surface area contributed by atoms with Crippen molar-refractivity contribution in [1.82, 2.24) is 0 Å². The van der Waals surface area contributed by atoms with Gasteiger partial charge in [0.15, 0.2) is 0 Å². The molecule has 3 atom stereocenters. The number of hydrogen-bond donors (Lipinski definition) is 0. The Bertz CT molecular complexity index is 472. The van der Waals surface area contributed by atoms with E-state index in [4.69, 9.17) is 0 Å². The molecule has 0 aromatic heterocycles. The van der Waals surface area contributed by atoms with Crippen LogP contribution >= 0.6 is 23.5 Å². The lowest BCUT2D eigenvalue weighted by molar-refractivity contribution is -0.122. The van der Waals surface area contributed by atoms with E-state index in [-0.39, 0.29) is 27.9 Å². The Morgan fingerprint density at radius 1 is 1.33 bits per heavy atom. The number of rotatable bonds is 1. The fraction of sp³-hybridized carbons (Fsp3) is 0.769. The Hall–Kier alpha value is -0.290. The highest BCUT2D eigenvalue weighted by atomic mass is 32.2. The number of thioether (sulfide) groups is 2. The lowest BCUT2D eigenvalue weighted by Gasteiger charge is -2.37. The molecule has 1 aliphatic heterocycles. The van der Waals surface area contributed by atoms with Gasteiger partial charge in [0.2, 0.25) is 0 Å². The lowest BCUT2D eigenvalue weighted by atomic mass is 9.71. The summed E-state index contributed by atoms with van der Waals surface area (Å²) in [5, 5.41) is -0.0107. The van der Waals surface area contributed by atoms with Crippen LogP contribution in [0.2, 0.25) is 0 Å². The highest BCUT2D eigenvalue weighted by Gasteiger charge is 2.66. The van der Waals surface area contributed by atoms with Crippen molar-refractivity contribution >= 4 is 39.6 Å². The molecule has 0 aromatic rings. The first-order valence-corrected chi connectivity index (χ1v) is 8.17. The summed E-state index contributed by atoms with van der Waals surface area (Å²) in [4.78, 5) is 27.7. The first-order chi connectivity index (χ1) is 8.36. The van der Waals surface area contributed by atoms with Gasteiger partial charge in [0.1, 0.15) is 10.2 Å². The summed E-state index contributed by atoms with van der Waals surface area (Å²) in [6.45, 7) is 6.67. The zero-order chi connectivity index (χ0) is 13.1. The second kappa shape index (κ2) is 3.85. The highest BCUT2D eigenvalue weighted by molar-refractivity contribution is 8.39. The van der Waals surface area contributed by atoms with E-state index in [9.17, 15) is 9.59 Å². The standard InChI is InChI=1S/C13H17NO2S2/c1-12(2)7-4-5-13(12,3)10(9(7)16)18-11-14-8(15)6-17-11/h7,10H,4-6H2,1-3H3. The topological polar surface area (TPSA) is 46.5 Å².